The van der Waals surface area contributed by atoms with Crippen molar-refractivity contribution in [1.82, 2.24) is 4.98 Å². The largest absolute Gasteiger partial charge is 0.385 e. The molecule has 2 N–H and O–H groups in total. The van der Waals surface area contributed by atoms with Crippen molar-refractivity contribution in [1.29, 1.82) is 0 Å². The predicted octanol–water partition coefficient (Wildman–Crippen LogP) is 2.69. The first-order chi connectivity index (χ1) is 9.34. The monoisotopic (exact) mass is 253 g/mol. The number of rotatable bonds is 2. The summed E-state index contributed by atoms with van der Waals surface area (Å²) in [7, 11) is 0. The van der Waals surface area contributed by atoms with Gasteiger partial charge in [-0.3, -0.25) is 4.79 Å². The summed E-state index contributed by atoms with van der Waals surface area (Å²) in [6, 6.07) is 11.3. The van der Waals surface area contributed by atoms with E-state index in [1.807, 2.05) is 30.3 Å². The van der Waals surface area contributed by atoms with Crippen LogP contribution in [0, 0.1) is 0 Å². The zero-order valence-corrected chi connectivity index (χ0v) is 10.5. The van der Waals surface area contributed by atoms with Gasteiger partial charge in [0.1, 0.15) is 5.82 Å². The molecule has 4 nitrogen and oxygen atoms in total. The Bertz CT molecular complexity index is 596. The van der Waals surface area contributed by atoms with E-state index in [0.29, 0.717) is 5.82 Å². The first-order valence-corrected chi connectivity index (χ1v) is 6.43. The van der Waals surface area contributed by atoms with E-state index in [9.17, 15) is 4.79 Å². The third-order valence-corrected chi connectivity index (χ3v) is 3.25. The second-order valence-electron chi connectivity index (χ2n) is 4.53. The highest BCUT2D eigenvalue weighted by molar-refractivity contribution is 6.05. The summed E-state index contributed by atoms with van der Waals surface area (Å²) in [6.07, 6.45) is 3.66. The summed E-state index contributed by atoms with van der Waals surface area (Å²) in [5, 5.41) is 6.16. The van der Waals surface area contributed by atoms with E-state index in [0.717, 1.165) is 36.2 Å². The van der Waals surface area contributed by atoms with E-state index in [1.54, 1.807) is 12.3 Å². The summed E-state index contributed by atoms with van der Waals surface area (Å²) in [5.41, 5.74) is 2.90. The third kappa shape index (κ3) is 2.42. The molecule has 96 valence electrons. The Morgan fingerprint density at radius 3 is 3.00 bits per heavy atom. The number of pyridine rings is 1. The van der Waals surface area contributed by atoms with Crippen LogP contribution in [0.4, 0.5) is 11.5 Å². The van der Waals surface area contributed by atoms with E-state index >= 15 is 0 Å². The fourth-order valence-electron chi connectivity index (χ4n) is 2.34. The van der Waals surface area contributed by atoms with Gasteiger partial charge in [-0.25, -0.2) is 4.98 Å². The van der Waals surface area contributed by atoms with E-state index in [-0.39, 0.29) is 5.91 Å². The van der Waals surface area contributed by atoms with Gasteiger partial charge in [0.2, 0.25) is 0 Å². The predicted molar refractivity (Wildman–Crippen MR) is 75.4 cm³/mol. The maximum absolute atomic E-state index is 12.3. The number of hydrogen-bond acceptors (Lipinski definition) is 3. The minimum absolute atomic E-state index is 0.0979. The van der Waals surface area contributed by atoms with Crippen LogP contribution in [0.2, 0.25) is 0 Å². The normalized spacial score (nSPS) is 13.3. The molecule has 1 amide bonds. The highest BCUT2D eigenvalue weighted by Crippen LogP contribution is 2.25. The minimum atomic E-state index is -0.0979. The first-order valence-electron chi connectivity index (χ1n) is 6.43. The second kappa shape index (κ2) is 5.10. The molecule has 0 bridgehead atoms. The molecular weight excluding hydrogens is 238 g/mol. The van der Waals surface area contributed by atoms with Crippen molar-refractivity contribution in [3.05, 3.63) is 53.7 Å². The molecule has 2 heterocycles. The number of carbonyl (C=O) groups excluding carboxylic acids is 1. The number of aromatic nitrogens is 1. The number of benzene rings is 1. The topological polar surface area (TPSA) is 54.0 Å². The Hall–Kier alpha value is -2.36. The van der Waals surface area contributed by atoms with Crippen molar-refractivity contribution >= 4 is 17.4 Å². The summed E-state index contributed by atoms with van der Waals surface area (Å²) in [5.74, 6) is 0.480. The fraction of sp³-hybridized carbons (Fsp3) is 0.200. The van der Waals surface area contributed by atoms with Gasteiger partial charge in [0.05, 0.1) is 0 Å². The van der Waals surface area contributed by atoms with Crippen LogP contribution in [0.25, 0.3) is 0 Å². The summed E-state index contributed by atoms with van der Waals surface area (Å²) >= 11 is 0. The van der Waals surface area contributed by atoms with Crippen molar-refractivity contribution in [2.75, 3.05) is 17.2 Å². The Kier molecular flexibility index (Phi) is 3.14. The molecule has 4 heteroatoms. The van der Waals surface area contributed by atoms with Gasteiger partial charge in [0, 0.05) is 24.0 Å². The Labute approximate surface area is 111 Å². The Morgan fingerprint density at radius 1 is 1.21 bits per heavy atom. The van der Waals surface area contributed by atoms with Gasteiger partial charge in [-0.2, -0.15) is 0 Å². The smallest absolute Gasteiger partial charge is 0.257 e. The van der Waals surface area contributed by atoms with Gasteiger partial charge in [0.15, 0.2) is 0 Å². The summed E-state index contributed by atoms with van der Waals surface area (Å²) in [6.45, 7) is 0.971. The number of nitrogens with zero attached hydrogens (tertiary/aromatic N) is 1. The highest BCUT2D eigenvalue weighted by Gasteiger charge is 2.17. The van der Waals surface area contributed by atoms with Crippen LogP contribution in [-0.2, 0) is 6.42 Å². The van der Waals surface area contributed by atoms with Crippen LogP contribution in [-0.4, -0.2) is 17.4 Å². The Morgan fingerprint density at radius 2 is 2.16 bits per heavy atom. The molecule has 0 aliphatic carbocycles. The average molecular weight is 253 g/mol. The molecule has 0 saturated carbocycles. The molecule has 0 fully saturated rings. The highest BCUT2D eigenvalue weighted by atomic mass is 16.1. The maximum atomic E-state index is 12.3. The standard InChI is InChI=1S/C15H15N3O/c19-15(18-14-8-1-2-9-17-14)12-5-3-7-13-11(12)6-4-10-16-13/h1-3,5,7-9,16H,4,6,10H2,(H,17,18,19). The van der Waals surface area contributed by atoms with Crippen LogP contribution < -0.4 is 10.6 Å². The first kappa shape index (κ1) is 11.7. The van der Waals surface area contributed by atoms with Gasteiger partial charge < -0.3 is 10.6 Å². The second-order valence-corrected chi connectivity index (χ2v) is 4.53. The van der Waals surface area contributed by atoms with Crippen LogP contribution in [0.5, 0.6) is 0 Å². The molecule has 2 aromatic rings. The van der Waals surface area contributed by atoms with E-state index in [1.165, 1.54) is 0 Å². The van der Waals surface area contributed by atoms with Crippen molar-refractivity contribution in [3.63, 3.8) is 0 Å². The number of anilines is 2. The van der Waals surface area contributed by atoms with E-state index in [2.05, 4.69) is 15.6 Å². The van der Waals surface area contributed by atoms with Gasteiger partial charge in [-0.05, 0) is 42.7 Å². The molecule has 3 rings (SSSR count). The number of fused-ring (bicyclic) bond motifs is 1. The molecule has 1 aromatic carbocycles. The van der Waals surface area contributed by atoms with Gasteiger partial charge >= 0.3 is 0 Å². The zero-order valence-electron chi connectivity index (χ0n) is 10.5. The zero-order chi connectivity index (χ0) is 13.1. The average Bonchev–Trinajstić information content (AvgIpc) is 2.47. The lowest BCUT2D eigenvalue weighted by molar-refractivity contribution is 0.102. The molecule has 1 aliphatic heterocycles. The van der Waals surface area contributed by atoms with Gasteiger partial charge in [0.25, 0.3) is 5.91 Å². The SMILES string of the molecule is O=C(Nc1ccccn1)c1cccc2c1CCCN2. The molecular formula is C15H15N3O. The molecule has 0 radical (unpaired) electrons. The lowest BCUT2D eigenvalue weighted by Gasteiger charge is -2.20. The van der Waals surface area contributed by atoms with Crippen molar-refractivity contribution < 1.29 is 4.79 Å². The number of nitrogens with one attached hydrogen (secondary N) is 2. The molecule has 0 spiro atoms. The van der Waals surface area contributed by atoms with Gasteiger partial charge in [-0.1, -0.05) is 12.1 Å². The quantitative estimate of drug-likeness (QED) is 0.865. The van der Waals surface area contributed by atoms with Crippen molar-refractivity contribution in [2.24, 2.45) is 0 Å². The number of carbonyl (C=O) groups is 1. The van der Waals surface area contributed by atoms with E-state index in [4.69, 9.17) is 0 Å². The maximum Gasteiger partial charge on any atom is 0.257 e. The molecule has 19 heavy (non-hydrogen) atoms. The molecule has 0 atom stereocenters. The third-order valence-electron chi connectivity index (χ3n) is 3.25. The van der Waals surface area contributed by atoms with E-state index < -0.39 is 0 Å². The van der Waals surface area contributed by atoms with Crippen LogP contribution >= 0.6 is 0 Å². The molecule has 0 saturated heterocycles. The fourth-order valence-corrected chi connectivity index (χ4v) is 2.34. The lowest BCUT2D eigenvalue weighted by Crippen LogP contribution is -2.19. The number of hydrogen-bond donors (Lipinski definition) is 2. The van der Waals surface area contributed by atoms with Crippen LogP contribution in [0.15, 0.2) is 42.6 Å². The minimum Gasteiger partial charge on any atom is -0.385 e. The molecule has 0 unspecified atom stereocenters. The van der Waals surface area contributed by atoms with Gasteiger partial charge in [-0.15, -0.1) is 0 Å². The van der Waals surface area contributed by atoms with Crippen LogP contribution in [0.3, 0.4) is 0 Å². The lowest BCUT2D eigenvalue weighted by atomic mass is 9.97. The molecule has 1 aliphatic rings. The summed E-state index contributed by atoms with van der Waals surface area (Å²) in [4.78, 5) is 16.4. The molecule has 1 aromatic heterocycles. The van der Waals surface area contributed by atoms with Crippen LogP contribution in [0.1, 0.15) is 22.3 Å². The van der Waals surface area contributed by atoms with Crippen molar-refractivity contribution in [3.8, 4) is 0 Å². The number of amides is 1. The van der Waals surface area contributed by atoms with Crippen molar-refractivity contribution in [2.45, 2.75) is 12.8 Å². The summed E-state index contributed by atoms with van der Waals surface area (Å²) < 4.78 is 0. The Balaban J connectivity index is 1.88.